The van der Waals surface area contributed by atoms with Gasteiger partial charge in [-0.15, -0.1) is 0 Å². The number of amides is 2. The normalized spacial score (nSPS) is 16.4. The van der Waals surface area contributed by atoms with E-state index < -0.39 is 6.04 Å². The number of hydrogen-bond donors (Lipinski definition) is 2. The number of carbonyl (C=O) groups excluding carboxylic acids is 1. The summed E-state index contributed by atoms with van der Waals surface area (Å²) in [6.07, 6.45) is 1.67. The lowest BCUT2D eigenvalue weighted by Gasteiger charge is -2.36. The van der Waals surface area contributed by atoms with Crippen LogP contribution in [0.3, 0.4) is 0 Å². The predicted molar refractivity (Wildman–Crippen MR) is 110 cm³/mol. The van der Waals surface area contributed by atoms with Gasteiger partial charge in [-0.1, -0.05) is 50.2 Å². The summed E-state index contributed by atoms with van der Waals surface area (Å²) in [5.41, 5.74) is 3.64. The van der Waals surface area contributed by atoms with Gasteiger partial charge in [-0.2, -0.15) is 0 Å². The summed E-state index contributed by atoms with van der Waals surface area (Å²) in [4.78, 5) is 18.2. The minimum Gasteiger partial charge on any atom is -0.356 e. The van der Waals surface area contributed by atoms with E-state index in [0.29, 0.717) is 24.6 Å². The van der Waals surface area contributed by atoms with Gasteiger partial charge in [0.15, 0.2) is 0 Å². The first-order valence-electron chi connectivity index (χ1n) is 9.94. The molecule has 2 amide bonds. The van der Waals surface area contributed by atoms with Crippen molar-refractivity contribution in [1.29, 1.82) is 0 Å². The summed E-state index contributed by atoms with van der Waals surface area (Å²) in [5, 5.41) is 4.17. The molecule has 0 fully saturated rings. The van der Waals surface area contributed by atoms with Crippen molar-refractivity contribution in [2.45, 2.75) is 32.7 Å². The van der Waals surface area contributed by atoms with E-state index in [1.54, 1.807) is 17.0 Å². The van der Waals surface area contributed by atoms with E-state index in [1.807, 2.05) is 24.3 Å². The molecule has 0 spiro atoms. The highest BCUT2D eigenvalue weighted by molar-refractivity contribution is 5.86. The standard InChI is InChI=1S/C23H26FN3O/c1-15(2)11-13-25-23(28)27-14-12-17-16-7-4-6-10-20(16)26-21(17)22(27)18-8-3-5-9-19(18)24/h3-10,15,22,26H,11-14H2,1-2H3,(H,25,28)/t22-/m1/s1. The van der Waals surface area contributed by atoms with Gasteiger partial charge in [0.1, 0.15) is 11.9 Å². The van der Waals surface area contributed by atoms with Crippen LogP contribution in [0.25, 0.3) is 10.9 Å². The quantitative estimate of drug-likeness (QED) is 0.658. The second kappa shape index (κ2) is 7.66. The molecule has 0 bridgehead atoms. The molecular formula is C23H26FN3O. The van der Waals surface area contributed by atoms with Crippen LogP contribution in [0.15, 0.2) is 48.5 Å². The van der Waals surface area contributed by atoms with Gasteiger partial charge < -0.3 is 15.2 Å². The number of halogens is 1. The van der Waals surface area contributed by atoms with Crippen LogP contribution in [0, 0.1) is 11.7 Å². The number of nitrogens with one attached hydrogen (secondary N) is 2. The van der Waals surface area contributed by atoms with Gasteiger partial charge in [0, 0.05) is 35.2 Å². The Labute approximate surface area is 164 Å². The van der Waals surface area contributed by atoms with Crippen LogP contribution in [0.5, 0.6) is 0 Å². The Morgan fingerprint density at radius 1 is 1.21 bits per heavy atom. The number of fused-ring (bicyclic) bond motifs is 3. The van der Waals surface area contributed by atoms with E-state index >= 15 is 0 Å². The topological polar surface area (TPSA) is 48.1 Å². The number of aromatic amines is 1. The molecule has 2 heterocycles. The largest absolute Gasteiger partial charge is 0.356 e. The molecule has 4 nitrogen and oxygen atoms in total. The molecule has 1 aliphatic rings. The maximum absolute atomic E-state index is 14.7. The zero-order chi connectivity index (χ0) is 19.7. The van der Waals surface area contributed by atoms with Crippen molar-refractivity contribution in [2.24, 2.45) is 5.92 Å². The maximum Gasteiger partial charge on any atom is 0.318 e. The number of H-pyrrole nitrogens is 1. The molecule has 146 valence electrons. The summed E-state index contributed by atoms with van der Waals surface area (Å²) >= 11 is 0. The summed E-state index contributed by atoms with van der Waals surface area (Å²) in [7, 11) is 0. The highest BCUT2D eigenvalue weighted by atomic mass is 19.1. The molecule has 4 rings (SSSR count). The number of hydrogen-bond acceptors (Lipinski definition) is 1. The maximum atomic E-state index is 14.7. The lowest BCUT2D eigenvalue weighted by Crippen LogP contribution is -2.46. The van der Waals surface area contributed by atoms with Crippen LogP contribution >= 0.6 is 0 Å². The first-order valence-corrected chi connectivity index (χ1v) is 9.94. The van der Waals surface area contributed by atoms with E-state index in [4.69, 9.17) is 0 Å². The van der Waals surface area contributed by atoms with Crippen molar-refractivity contribution in [3.63, 3.8) is 0 Å². The first kappa shape index (κ1) is 18.5. The molecule has 5 heteroatoms. The average Bonchev–Trinajstić information content (AvgIpc) is 3.06. The number of rotatable bonds is 4. The van der Waals surface area contributed by atoms with Crippen LogP contribution < -0.4 is 5.32 Å². The Morgan fingerprint density at radius 3 is 2.75 bits per heavy atom. The molecule has 1 aromatic heterocycles. The van der Waals surface area contributed by atoms with E-state index in [0.717, 1.165) is 29.4 Å². The highest BCUT2D eigenvalue weighted by Gasteiger charge is 2.35. The molecule has 0 unspecified atom stereocenters. The third kappa shape index (κ3) is 3.37. The second-order valence-corrected chi connectivity index (χ2v) is 7.84. The first-order chi connectivity index (χ1) is 13.6. The number of aromatic nitrogens is 1. The molecule has 2 N–H and O–H groups in total. The SMILES string of the molecule is CC(C)CCNC(=O)N1CCc2c([nH]c3ccccc23)[C@H]1c1ccccc1F. The number of benzene rings is 2. The summed E-state index contributed by atoms with van der Waals surface area (Å²) < 4.78 is 14.7. The number of para-hydroxylation sites is 1. The van der Waals surface area contributed by atoms with Crippen molar-refractivity contribution in [1.82, 2.24) is 15.2 Å². The molecule has 28 heavy (non-hydrogen) atoms. The Balaban J connectivity index is 1.75. The molecule has 0 saturated heterocycles. The summed E-state index contributed by atoms with van der Waals surface area (Å²) in [6.45, 7) is 5.44. The van der Waals surface area contributed by atoms with E-state index in [-0.39, 0.29) is 11.8 Å². The lowest BCUT2D eigenvalue weighted by atomic mass is 9.92. The molecule has 0 radical (unpaired) electrons. The molecule has 0 aliphatic carbocycles. The fraction of sp³-hybridized carbons (Fsp3) is 0.348. The predicted octanol–water partition coefficient (Wildman–Crippen LogP) is 5.01. The van der Waals surface area contributed by atoms with Gasteiger partial charge in [-0.25, -0.2) is 9.18 Å². The van der Waals surface area contributed by atoms with Crippen LogP contribution in [-0.4, -0.2) is 29.0 Å². The van der Waals surface area contributed by atoms with Gasteiger partial charge in [0.2, 0.25) is 0 Å². The Hall–Kier alpha value is -2.82. The van der Waals surface area contributed by atoms with E-state index in [1.165, 1.54) is 11.6 Å². The van der Waals surface area contributed by atoms with E-state index in [9.17, 15) is 9.18 Å². The number of carbonyl (C=O) groups is 1. The van der Waals surface area contributed by atoms with Crippen LogP contribution in [0.4, 0.5) is 9.18 Å². The Kier molecular flexibility index (Phi) is 5.07. The van der Waals surface area contributed by atoms with Gasteiger partial charge in [-0.3, -0.25) is 0 Å². The molecule has 2 aromatic carbocycles. The van der Waals surface area contributed by atoms with Crippen molar-refractivity contribution >= 4 is 16.9 Å². The Bertz CT molecular complexity index is 994. The zero-order valence-corrected chi connectivity index (χ0v) is 16.3. The van der Waals surface area contributed by atoms with Crippen molar-refractivity contribution < 1.29 is 9.18 Å². The second-order valence-electron chi connectivity index (χ2n) is 7.84. The minimum absolute atomic E-state index is 0.141. The number of urea groups is 1. The number of nitrogens with zero attached hydrogens (tertiary/aromatic N) is 1. The highest BCUT2D eigenvalue weighted by Crippen LogP contribution is 2.39. The lowest BCUT2D eigenvalue weighted by molar-refractivity contribution is 0.177. The fourth-order valence-electron chi connectivity index (χ4n) is 4.05. The summed E-state index contributed by atoms with van der Waals surface area (Å²) in [5.74, 6) is 0.225. The Morgan fingerprint density at radius 2 is 1.96 bits per heavy atom. The van der Waals surface area contributed by atoms with Gasteiger partial charge in [0.25, 0.3) is 0 Å². The molecule has 3 aromatic rings. The monoisotopic (exact) mass is 379 g/mol. The minimum atomic E-state index is -0.462. The van der Waals surface area contributed by atoms with Gasteiger partial charge in [0.05, 0.1) is 0 Å². The third-order valence-corrected chi connectivity index (χ3v) is 5.49. The summed E-state index contributed by atoms with van der Waals surface area (Å²) in [6, 6.07) is 14.2. The van der Waals surface area contributed by atoms with Crippen LogP contribution in [0.2, 0.25) is 0 Å². The third-order valence-electron chi connectivity index (χ3n) is 5.49. The van der Waals surface area contributed by atoms with Crippen molar-refractivity contribution in [2.75, 3.05) is 13.1 Å². The van der Waals surface area contributed by atoms with Crippen LogP contribution in [0.1, 0.15) is 43.1 Å². The zero-order valence-electron chi connectivity index (χ0n) is 16.3. The molecular weight excluding hydrogens is 353 g/mol. The molecule has 1 aliphatic heterocycles. The van der Waals surface area contributed by atoms with Gasteiger partial charge >= 0.3 is 6.03 Å². The molecule has 0 saturated carbocycles. The average molecular weight is 379 g/mol. The van der Waals surface area contributed by atoms with Gasteiger partial charge in [-0.05, 0) is 36.5 Å². The fourth-order valence-corrected chi connectivity index (χ4v) is 4.05. The van der Waals surface area contributed by atoms with Crippen LogP contribution in [-0.2, 0) is 6.42 Å². The molecule has 1 atom stereocenters. The van der Waals surface area contributed by atoms with Crippen molar-refractivity contribution in [3.8, 4) is 0 Å². The van der Waals surface area contributed by atoms with E-state index in [2.05, 4.69) is 30.2 Å². The smallest absolute Gasteiger partial charge is 0.318 e. The van der Waals surface area contributed by atoms with Crippen molar-refractivity contribution in [3.05, 3.63) is 71.2 Å².